The van der Waals surface area contributed by atoms with Crippen molar-refractivity contribution in [3.8, 4) is 0 Å². The maximum atomic E-state index is 12.7. The van der Waals surface area contributed by atoms with E-state index in [2.05, 4.69) is 21.5 Å². The first kappa shape index (κ1) is 16.3. The Hall–Kier alpha value is -3.15. The van der Waals surface area contributed by atoms with Gasteiger partial charge in [0, 0.05) is 25.0 Å². The molecule has 0 radical (unpaired) electrons. The summed E-state index contributed by atoms with van der Waals surface area (Å²) >= 11 is 0. The summed E-state index contributed by atoms with van der Waals surface area (Å²) in [6, 6.07) is 16.1. The number of para-hydroxylation sites is 1. The molecular formula is C20H21N5O. The van der Waals surface area contributed by atoms with Crippen LogP contribution in [-0.4, -0.2) is 27.2 Å². The Kier molecular flexibility index (Phi) is 4.39. The summed E-state index contributed by atoms with van der Waals surface area (Å²) in [5, 5.41) is 7.37. The zero-order valence-corrected chi connectivity index (χ0v) is 14.7. The second kappa shape index (κ2) is 7.00. The number of nitrogens with one attached hydrogen (secondary N) is 1. The summed E-state index contributed by atoms with van der Waals surface area (Å²) in [6.45, 7) is 1.38. The Morgan fingerprint density at radius 1 is 1.15 bits per heavy atom. The largest absolute Gasteiger partial charge is 0.378 e. The van der Waals surface area contributed by atoms with Gasteiger partial charge in [-0.25, -0.2) is 4.98 Å². The molecule has 1 aliphatic rings. The molecule has 0 unspecified atom stereocenters. The maximum absolute atomic E-state index is 12.7. The van der Waals surface area contributed by atoms with Gasteiger partial charge in [-0.05, 0) is 35.7 Å². The van der Waals surface area contributed by atoms with Crippen LogP contribution in [0.4, 0.5) is 11.4 Å². The third-order valence-corrected chi connectivity index (χ3v) is 4.75. The number of fused-ring (bicyclic) bond motifs is 1. The Bertz CT molecular complexity index is 916. The van der Waals surface area contributed by atoms with Crippen LogP contribution >= 0.6 is 0 Å². The number of nitrogens with zero attached hydrogens (tertiary/aromatic N) is 4. The standard InChI is InChI=1S/C20H21N5O/c1-24-19(22-14-23-24)13-21-17-8-6-15(7-9-17)12-20(26)25-11-10-16-4-2-3-5-18(16)25/h2-9,14,21H,10-13H2,1H3. The molecule has 2 aromatic carbocycles. The lowest BCUT2D eigenvalue weighted by Gasteiger charge is -2.17. The number of hydrogen-bond donors (Lipinski definition) is 1. The summed E-state index contributed by atoms with van der Waals surface area (Å²) in [5.41, 5.74) is 4.32. The molecule has 1 N–H and O–H groups in total. The molecular weight excluding hydrogens is 326 g/mol. The third kappa shape index (κ3) is 3.31. The molecule has 1 aromatic heterocycles. The van der Waals surface area contributed by atoms with Crippen LogP contribution in [-0.2, 0) is 31.2 Å². The lowest BCUT2D eigenvalue weighted by atomic mass is 10.1. The van der Waals surface area contributed by atoms with E-state index in [0.29, 0.717) is 13.0 Å². The monoisotopic (exact) mass is 347 g/mol. The molecule has 0 saturated heterocycles. The van der Waals surface area contributed by atoms with Crippen LogP contribution in [0.3, 0.4) is 0 Å². The number of aromatic nitrogens is 3. The normalized spacial score (nSPS) is 12.9. The van der Waals surface area contributed by atoms with Crippen molar-refractivity contribution in [3.05, 3.63) is 71.8 Å². The minimum Gasteiger partial charge on any atom is -0.378 e. The third-order valence-electron chi connectivity index (χ3n) is 4.75. The van der Waals surface area contributed by atoms with Crippen LogP contribution in [0.2, 0.25) is 0 Å². The van der Waals surface area contributed by atoms with Crippen molar-refractivity contribution in [2.75, 3.05) is 16.8 Å². The number of benzene rings is 2. The van der Waals surface area contributed by atoms with E-state index in [9.17, 15) is 4.79 Å². The average Bonchev–Trinajstić information content (AvgIpc) is 3.27. The number of hydrogen-bond acceptors (Lipinski definition) is 4. The molecule has 0 bridgehead atoms. The van der Waals surface area contributed by atoms with Gasteiger partial charge in [0.15, 0.2) is 0 Å². The molecule has 132 valence electrons. The SMILES string of the molecule is Cn1ncnc1CNc1ccc(CC(=O)N2CCc3ccccc32)cc1. The number of amides is 1. The Morgan fingerprint density at radius 3 is 2.73 bits per heavy atom. The highest BCUT2D eigenvalue weighted by molar-refractivity contribution is 5.96. The van der Waals surface area contributed by atoms with Gasteiger partial charge in [-0.15, -0.1) is 0 Å². The van der Waals surface area contributed by atoms with Crippen LogP contribution in [0.15, 0.2) is 54.9 Å². The van der Waals surface area contributed by atoms with Crippen molar-refractivity contribution < 1.29 is 4.79 Å². The van der Waals surface area contributed by atoms with Crippen LogP contribution in [0.1, 0.15) is 17.0 Å². The molecule has 6 nitrogen and oxygen atoms in total. The van der Waals surface area contributed by atoms with Gasteiger partial charge >= 0.3 is 0 Å². The second-order valence-corrected chi connectivity index (χ2v) is 6.45. The van der Waals surface area contributed by atoms with Crippen molar-refractivity contribution in [1.29, 1.82) is 0 Å². The molecule has 6 heteroatoms. The van der Waals surface area contributed by atoms with Gasteiger partial charge in [-0.1, -0.05) is 30.3 Å². The van der Waals surface area contributed by atoms with Gasteiger partial charge in [-0.3, -0.25) is 9.48 Å². The van der Waals surface area contributed by atoms with E-state index in [1.165, 1.54) is 5.56 Å². The molecule has 0 fully saturated rings. The maximum Gasteiger partial charge on any atom is 0.231 e. The fraction of sp³-hybridized carbons (Fsp3) is 0.250. The minimum absolute atomic E-state index is 0.148. The van der Waals surface area contributed by atoms with Crippen LogP contribution in [0.25, 0.3) is 0 Å². The molecule has 26 heavy (non-hydrogen) atoms. The van der Waals surface area contributed by atoms with Gasteiger partial charge in [0.05, 0.1) is 13.0 Å². The minimum atomic E-state index is 0.148. The molecule has 1 aliphatic heterocycles. The number of aryl methyl sites for hydroxylation is 1. The predicted molar refractivity (Wildman–Crippen MR) is 101 cm³/mol. The van der Waals surface area contributed by atoms with Crippen molar-refractivity contribution >= 4 is 17.3 Å². The van der Waals surface area contributed by atoms with Gasteiger partial charge in [0.1, 0.15) is 12.2 Å². The highest BCUT2D eigenvalue weighted by Gasteiger charge is 2.23. The van der Waals surface area contributed by atoms with E-state index in [1.807, 2.05) is 54.4 Å². The first-order chi connectivity index (χ1) is 12.7. The van der Waals surface area contributed by atoms with E-state index in [0.717, 1.165) is 35.7 Å². The zero-order valence-electron chi connectivity index (χ0n) is 14.7. The lowest BCUT2D eigenvalue weighted by molar-refractivity contribution is -0.117. The molecule has 2 heterocycles. The van der Waals surface area contributed by atoms with Gasteiger partial charge in [0.25, 0.3) is 0 Å². The summed E-state index contributed by atoms with van der Waals surface area (Å²) in [5.74, 6) is 1.02. The van der Waals surface area contributed by atoms with Crippen LogP contribution in [0, 0.1) is 0 Å². The molecule has 0 atom stereocenters. The topological polar surface area (TPSA) is 63.1 Å². The summed E-state index contributed by atoms with van der Waals surface area (Å²) in [4.78, 5) is 18.8. The van der Waals surface area contributed by atoms with E-state index in [1.54, 1.807) is 11.0 Å². The van der Waals surface area contributed by atoms with Crippen molar-refractivity contribution in [2.45, 2.75) is 19.4 Å². The molecule has 1 amide bonds. The van der Waals surface area contributed by atoms with E-state index in [-0.39, 0.29) is 5.91 Å². The second-order valence-electron chi connectivity index (χ2n) is 6.45. The van der Waals surface area contributed by atoms with Gasteiger partial charge in [0.2, 0.25) is 5.91 Å². The first-order valence-corrected chi connectivity index (χ1v) is 8.74. The fourth-order valence-corrected chi connectivity index (χ4v) is 3.27. The van der Waals surface area contributed by atoms with Gasteiger partial charge in [-0.2, -0.15) is 5.10 Å². The molecule has 3 aromatic rings. The highest BCUT2D eigenvalue weighted by atomic mass is 16.2. The van der Waals surface area contributed by atoms with Crippen LogP contribution < -0.4 is 10.2 Å². The average molecular weight is 347 g/mol. The van der Waals surface area contributed by atoms with Crippen molar-refractivity contribution in [2.24, 2.45) is 7.05 Å². The quantitative estimate of drug-likeness (QED) is 0.770. The Labute approximate surface area is 152 Å². The Morgan fingerprint density at radius 2 is 1.96 bits per heavy atom. The van der Waals surface area contributed by atoms with Crippen molar-refractivity contribution in [1.82, 2.24) is 14.8 Å². The van der Waals surface area contributed by atoms with E-state index < -0.39 is 0 Å². The first-order valence-electron chi connectivity index (χ1n) is 8.74. The summed E-state index contributed by atoms with van der Waals surface area (Å²) in [6.07, 6.45) is 2.90. The smallest absolute Gasteiger partial charge is 0.231 e. The highest BCUT2D eigenvalue weighted by Crippen LogP contribution is 2.28. The van der Waals surface area contributed by atoms with Crippen LogP contribution in [0.5, 0.6) is 0 Å². The van der Waals surface area contributed by atoms with Gasteiger partial charge < -0.3 is 10.2 Å². The fourth-order valence-electron chi connectivity index (χ4n) is 3.27. The predicted octanol–water partition coefficient (Wildman–Crippen LogP) is 2.56. The zero-order chi connectivity index (χ0) is 17.9. The number of rotatable bonds is 5. The number of anilines is 2. The lowest BCUT2D eigenvalue weighted by Crippen LogP contribution is -2.30. The number of carbonyl (C=O) groups excluding carboxylic acids is 1. The van der Waals surface area contributed by atoms with E-state index in [4.69, 9.17) is 0 Å². The van der Waals surface area contributed by atoms with Crippen molar-refractivity contribution in [3.63, 3.8) is 0 Å². The summed E-state index contributed by atoms with van der Waals surface area (Å²) in [7, 11) is 1.87. The Balaban J connectivity index is 1.37. The molecule has 4 rings (SSSR count). The molecule has 0 saturated carbocycles. The summed E-state index contributed by atoms with van der Waals surface area (Å²) < 4.78 is 1.74. The molecule has 0 spiro atoms. The number of carbonyl (C=O) groups is 1. The molecule has 0 aliphatic carbocycles. The van der Waals surface area contributed by atoms with E-state index >= 15 is 0 Å².